The van der Waals surface area contributed by atoms with E-state index in [4.69, 9.17) is 29.5 Å². The van der Waals surface area contributed by atoms with E-state index in [1.165, 1.54) is 4.90 Å². The SMILES string of the molecule is CC.CCOCC[NH+](CCOCCN)CCOP(O)O. The molecule has 0 radical (unpaired) electrons. The van der Waals surface area contributed by atoms with E-state index >= 15 is 0 Å². The fraction of sp³-hybridized carbons (Fsp3) is 1.00. The largest absolute Gasteiger partial charge is 0.376 e. The molecule has 124 valence electrons. The van der Waals surface area contributed by atoms with Gasteiger partial charge in [-0.05, 0) is 6.92 Å². The maximum Gasteiger partial charge on any atom is 0.327 e. The Morgan fingerprint density at radius 3 is 2.00 bits per heavy atom. The summed E-state index contributed by atoms with van der Waals surface area (Å²) < 4.78 is 15.4. The molecule has 0 fully saturated rings. The van der Waals surface area contributed by atoms with Crippen molar-refractivity contribution < 1.29 is 28.7 Å². The molecule has 0 aromatic carbocycles. The number of hydrogen-bond acceptors (Lipinski definition) is 6. The second kappa shape index (κ2) is 19.1. The Morgan fingerprint density at radius 2 is 1.50 bits per heavy atom. The fourth-order valence-corrected chi connectivity index (χ4v) is 1.66. The summed E-state index contributed by atoms with van der Waals surface area (Å²) in [6, 6.07) is 0. The molecule has 5 N–H and O–H groups in total. The lowest BCUT2D eigenvalue weighted by Gasteiger charge is -2.19. The van der Waals surface area contributed by atoms with Crippen LogP contribution in [-0.4, -0.2) is 69.0 Å². The molecule has 0 bridgehead atoms. The van der Waals surface area contributed by atoms with Crippen molar-refractivity contribution in [1.29, 1.82) is 0 Å². The fourth-order valence-electron chi connectivity index (χ4n) is 1.41. The monoisotopic (exact) mass is 315 g/mol. The molecule has 0 aromatic rings. The van der Waals surface area contributed by atoms with Crippen LogP contribution in [-0.2, 0) is 14.0 Å². The molecule has 0 saturated heterocycles. The molecule has 0 aliphatic carbocycles. The van der Waals surface area contributed by atoms with E-state index < -0.39 is 8.60 Å². The first kappa shape index (κ1) is 22.4. The average Bonchev–Trinajstić information content (AvgIpc) is 2.45. The van der Waals surface area contributed by atoms with E-state index in [-0.39, 0.29) is 0 Å². The highest BCUT2D eigenvalue weighted by Crippen LogP contribution is 2.22. The van der Waals surface area contributed by atoms with Gasteiger partial charge in [0.15, 0.2) is 0 Å². The van der Waals surface area contributed by atoms with Gasteiger partial charge in [0.05, 0.1) is 19.8 Å². The highest BCUT2D eigenvalue weighted by atomic mass is 31.2. The first-order chi connectivity index (χ1) is 9.70. The van der Waals surface area contributed by atoms with Crippen molar-refractivity contribution in [3.05, 3.63) is 0 Å². The van der Waals surface area contributed by atoms with Gasteiger partial charge in [-0.1, -0.05) is 13.8 Å². The van der Waals surface area contributed by atoms with Crippen molar-refractivity contribution in [1.82, 2.24) is 0 Å². The molecule has 0 saturated carbocycles. The summed E-state index contributed by atoms with van der Waals surface area (Å²) in [4.78, 5) is 18.5. The summed E-state index contributed by atoms with van der Waals surface area (Å²) in [7, 11) is -2.26. The van der Waals surface area contributed by atoms with Crippen LogP contribution in [0.1, 0.15) is 20.8 Å². The lowest BCUT2D eigenvalue weighted by Crippen LogP contribution is -3.13. The van der Waals surface area contributed by atoms with Crippen LogP contribution < -0.4 is 10.6 Å². The van der Waals surface area contributed by atoms with Crippen molar-refractivity contribution >= 4 is 8.60 Å². The van der Waals surface area contributed by atoms with E-state index in [9.17, 15) is 0 Å². The van der Waals surface area contributed by atoms with Gasteiger partial charge in [0.25, 0.3) is 0 Å². The summed E-state index contributed by atoms with van der Waals surface area (Å²) >= 11 is 0. The van der Waals surface area contributed by atoms with Gasteiger partial charge in [-0.3, -0.25) is 0 Å². The Balaban J connectivity index is 0. The third-order valence-electron chi connectivity index (χ3n) is 2.33. The number of ether oxygens (including phenoxy) is 2. The third-order valence-corrected chi connectivity index (χ3v) is 2.74. The van der Waals surface area contributed by atoms with Gasteiger partial charge in [0.1, 0.15) is 26.2 Å². The number of hydrogen-bond donors (Lipinski definition) is 4. The van der Waals surface area contributed by atoms with Crippen molar-refractivity contribution in [3.63, 3.8) is 0 Å². The molecule has 0 rings (SSSR count). The molecule has 1 unspecified atom stereocenters. The van der Waals surface area contributed by atoms with Crippen LogP contribution in [0.15, 0.2) is 0 Å². The van der Waals surface area contributed by atoms with Crippen LogP contribution in [0, 0.1) is 0 Å². The number of rotatable bonds is 13. The Bertz CT molecular complexity index is 178. The molecule has 7 nitrogen and oxygen atoms in total. The lowest BCUT2D eigenvalue weighted by atomic mass is 10.4. The molecular weight excluding hydrogens is 283 g/mol. The lowest BCUT2D eigenvalue weighted by molar-refractivity contribution is -0.901. The Labute approximate surface area is 124 Å². The summed E-state index contributed by atoms with van der Waals surface area (Å²) in [5.41, 5.74) is 5.33. The van der Waals surface area contributed by atoms with Crippen LogP contribution in [0.3, 0.4) is 0 Å². The van der Waals surface area contributed by atoms with E-state index in [0.29, 0.717) is 46.1 Å². The summed E-state index contributed by atoms with van der Waals surface area (Å²) in [6.07, 6.45) is 0. The average molecular weight is 315 g/mol. The highest BCUT2D eigenvalue weighted by molar-refractivity contribution is 7.39. The van der Waals surface area contributed by atoms with E-state index in [0.717, 1.165) is 13.1 Å². The van der Waals surface area contributed by atoms with Gasteiger partial charge in [-0.2, -0.15) is 0 Å². The molecule has 0 aliphatic heterocycles. The zero-order valence-electron chi connectivity index (χ0n) is 13.0. The van der Waals surface area contributed by atoms with Crippen molar-refractivity contribution in [2.45, 2.75) is 20.8 Å². The van der Waals surface area contributed by atoms with Crippen LogP contribution in [0.25, 0.3) is 0 Å². The van der Waals surface area contributed by atoms with Gasteiger partial charge in [0.2, 0.25) is 0 Å². The van der Waals surface area contributed by atoms with Crippen LogP contribution in [0.5, 0.6) is 0 Å². The molecule has 0 aromatic heterocycles. The van der Waals surface area contributed by atoms with Gasteiger partial charge in [-0.25, -0.2) is 0 Å². The second-order valence-electron chi connectivity index (χ2n) is 3.68. The normalized spacial score (nSPS) is 12.2. The number of nitrogens with one attached hydrogen (secondary N) is 1. The smallest absolute Gasteiger partial charge is 0.327 e. The minimum absolute atomic E-state index is 0.317. The minimum atomic E-state index is -2.26. The molecule has 0 spiro atoms. The zero-order chi connectivity index (χ0) is 15.6. The molecular formula is C12H32N2O5P+. The molecule has 20 heavy (non-hydrogen) atoms. The summed E-state index contributed by atoms with van der Waals surface area (Å²) in [5, 5.41) is 0. The molecule has 8 heteroatoms. The van der Waals surface area contributed by atoms with E-state index in [2.05, 4.69) is 0 Å². The number of quaternary nitrogens is 1. The predicted molar refractivity (Wildman–Crippen MR) is 80.6 cm³/mol. The zero-order valence-corrected chi connectivity index (χ0v) is 13.9. The van der Waals surface area contributed by atoms with Crippen molar-refractivity contribution in [2.75, 3.05) is 59.2 Å². The van der Waals surface area contributed by atoms with Crippen LogP contribution >= 0.6 is 8.60 Å². The minimum Gasteiger partial charge on any atom is -0.376 e. The van der Waals surface area contributed by atoms with Gasteiger partial charge < -0.3 is 34.4 Å². The highest BCUT2D eigenvalue weighted by Gasteiger charge is 2.10. The quantitative estimate of drug-likeness (QED) is 0.261. The first-order valence-electron chi connectivity index (χ1n) is 7.20. The Kier molecular flexibility index (Phi) is 21.5. The maximum absolute atomic E-state index is 8.65. The van der Waals surface area contributed by atoms with Crippen LogP contribution in [0.2, 0.25) is 0 Å². The summed E-state index contributed by atoms with van der Waals surface area (Å²) in [6.45, 7) is 11.7. The van der Waals surface area contributed by atoms with E-state index in [1.54, 1.807) is 0 Å². The van der Waals surface area contributed by atoms with E-state index in [1.807, 2.05) is 20.8 Å². The topological polar surface area (TPSA) is 98.6 Å². The summed E-state index contributed by atoms with van der Waals surface area (Å²) in [5.74, 6) is 0. The number of nitrogens with two attached hydrogens (primary N) is 1. The van der Waals surface area contributed by atoms with Gasteiger partial charge in [0, 0.05) is 13.2 Å². The molecule has 0 aliphatic rings. The van der Waals surface area contributed by atoms with Crippen molar-refractivity contribution in [2.24, 2.45) is 5.73 Å². The van der Waals surface area contributed by atoms with Crippen molar-refractivity contribution in [3.8, 4) is 0 Å². The first-order valence-corrected chi connectivity index (χ1v) is 8.37. The maximum atomic E-state index is 8.65. The van der Waals surface area contributed by atoms with Gasteiger partial charge in [-0.15, -0.1) is 0 Å². The molecule has 0 amide bonds. The second-order valence-corrected chi connectivity index (χ2v) is 4.45. The predicted octanol–water partition coefficient (Wildman–Crippen LogP) is -0.863. The Hall–Kier alpha value is 0.150. The third kappa shape index (κ3) is 18.1. The standard InChI is InChI=1S/C10H25N2O5P.C2H6/c1-2-15-8-4-12(5-9-16-7-3-11)6-10-17-18(13)14;1-2/h13-14H,2-11H2,1H3;1-2H3/p+1. The molecule has 1 atom stereocenters. The molecule has 0 heterocycles. The van der Waals surface area contributed by atoms with Crippen LogP contribution in [0.4, 0.5) is 0 Å². The van der Waals surface area contributed by atoms with Gasteiger partial charge >= 0.3 is 8.60 Å². The Morgan fingerprint density at radius 1 is 0.950 bits per heavy atom.